The third-order valence-electron chi connectivity index (χ3n) is 5.02. The molecule has 1 unspecified atom stereocenters. The largest absolute Gasteiger partial charge is 0.497 e. The number of methoxy groups -OCH3 is 3. The normalized spacial score (nSPS) is 15.9. The second-order valence-electron chi connectivity index (χ2n) is 6.84. The van der Waals surface area contributed by atoms with E-state index < -0.39 is 0 Å². The average molecular weight is 398 g/mol. The van der Waals surface area contributed by atoms with Gasteiger partial charge in [-0.3, -0.25) is 9.59 Å². The molecule has 1 heterocycles. The third kappa shape index (κ3) is 4.80. The molecular weight excluding hydrogens is 372 g/mol. The third-order valence-corrected chi connectivity index (χ3v) is 5.02. The minimum Gasteiger partial charge on any atom is -0.497 e. The maximum atomic E-state index is 12.6. The minimum atomic E-state index is -0.389. The number of amides is 2. The Morgan fingerprint density at radius 3 is 2.55 bits per heavy atom. The molecule has 3 rings (SSSR count). The lowest BCUT2D eigenvalue weighted by Crippen LogP contribution is -2.34. The van der Waals surface area contributed by atoms with Crippen molar-refractivity contribution in [3.63, 3.8) is 0 Å². The van der Waals surface area contributed by atoms with E-state index in [9.17, 15) is 9.59 Å². The number of benzene rings is 2. The summed E-state index contributed by atoms with van der Waals surface area (Å²) in [5.74, 6) is 1.37. The predicted molar refractivity (Wildman–Crippen MR) is 110 cm³/mol. The molecule has 2 aromatic carbocycles. The summed E-state index contributed by atoms with van der Waals surface area (Å²) in [6.45, 7) is 0.828. The number of nitrogens with zero attached hydrogens (tertiary/aromatic N) is 1. The van der Waals surface area contributed by atoms with E-state index in [4.69, 9.17) is 14.2 Å². The second-order valence-corrected chi connectivity index (χ2v) is 6.84. The van der Waals surface area contributed by atoms with Crippen molar-refractivity contribution in [3.05, 3.63) is 48.0 Å². The van der Waals surface area contributed by atoms with Crippen molar-refractivity contribution in [2.45, 2.75) is 12.8 Å². The van der Waals surface area contributed by atoms with Gasteiger partial charge >= 0.3 is 0 Å². The minimum absolute atomic E-state index is 0.0959. The molecule has 0 spiro atoms. The van der Waals surface area contributed by atoms with Gasteiger partial charge in [0.25, 0.3) is 0 Å². The van der Waals surface area contributed by atoms with Crippen LogP contribution in [0.2, 0.25) is 0 Å². The van der Waals surface area contributed by atoms with E-state index in [1.165, 1.54) is 0 Å². The van der Waals surface area contributed by atoms with Crippen molar-refractivity contribution in [1.29, 1.82) is 0 Å². The van der Waals surface area contributed by atoms with Crippen LogP contribution in [0.5, 0.6) is 17.2 Å². The van der Waals surface area contributed by atoms with Crippen molar-refractivity contribution < 1.29 is 23.8 Å². The molecule has 0 aliphatic carbocycles. The highest BCUT2D eigenvalue weighted by Crippen LogP contribution is 2.35. The first kappa shape index (κ1) is 20.5. The standard InChI is InChI=1S/C22H26N2O5/c1-27-17-6-4-5-15(11-17)9-10-23-22(26)16-12-21(25)24(14-16)19-8-7-18(28-2)13-20(19)29-3/h4-8,11,13,16H,9-10,12,14H2,1-3H3,(H,23,26). The molecule has 0 aromatic heterocycles. The van der Waals surface area contributed by atoms with Crippen molar-refractivity contribution >= 4 is 17.5 Å². The van der Waals surface area contributed by atoms with Gasteiger partial charge in [0.05, 0.1) is 32.9 Å². The molecule has 1 N–H and O–H groups in total. The fourth-order valence-corrected chi connectivity index (χ4v) is 3.43. The van der Waals surface area contributed by atoms with E-state index in [0.29, 0.717) is 36.7 Å². The molecule has 1 aliphatic rings. The Morgan fingerprint density at radius 2 is 1.83 bits per heavy atom. The Kier molecular flexibility index (Phi) is 6.59. The summed E-state index contributed by atoms with van der Waals surface area (Å²) in [5, 5.41) is 2.94. The van der Waals surface area contributed by atoms with Crippen LogP contribution in [-0.2, 0) is 16.0 Å². The van der Waals surface area contributed by atoms with Crippen molar-refractivity contribution in [2.75, 3.05) is 39.3 Å². The van der Waals surface area contributed by atoms with Crippen LogP contribution in [0.3, 0.4) is 0 Å². The molecule has 7 heteroatoms. The van der Waals surface area contributed by atoms with Crippen LogP contribution < -0.4 is 24.4 Å². The molecule has 29 heavy (non-hydrogen) atoms. The molecule has 2 aromatic rings. The number of carbonyl (C=O) groups excluding carboxylic acids is 2. The zero-order chi connectivity index (χ0) is 20.8. The average Bonchev–Trinajstić information content (AvgIpc) is 3.14. The van der Waals surface area contributed by atoms with Crippen LogP contribution in [0.15, 0.2) is 42.5 Å². The SMILES string of the molecule is COc1cccc(CCNC(=O)C2CC(=O)N(c3ccc(OC)cc3OC)C2)c1. The number of rotatable bonds is 8. The molecular formula is C22H26N2O5. The summed E-state index contributed by atoms with van der Waals surface area (Å²) >= 11 is 0. The lowest BCUT2D eigenvalue weighted by atomic mass is 10.1. The lowest BCUT2D eigenvalue weighted by Gasteiger charge is -2.20. The van der Waals surface area contributed by atoms with Gasteiger partial charge in [0, 0.05) is 25.6 Å². The van der Waals surface area contributed by atoms with Crippen molar-refractivity contribution in [3.8, 4) is 17.2 Å². The second kappa shape index (κ2) is 9.32. The molecule has 1 aliphatic heterocycles. The predicted octanol–water partition coefficient (Wildman–Crippen LogP) is 2.42. The van der Waals surface area contributed by atoms with Gasteiger partial charge in [-0.05, 0) is 36.2 Å². The van der Waals surface area contributed by atoms with Crippen LogP contribution in [0, 0.1) is 5.92 Å². The van der Waals surface area contributed by atoms with Gasteiger partial charge in [0.15, 0.2) is 0 Å². The van der Waals surface area contributed by atoms with Crippen LogP contribution >= 0.6 is 0 Å². The van der Waals surface area contributed by atoms with Crippen LogP contribution in [0.25, 0.3) is 0 Å². The summed E-state index contributed by atoms with van der Waals surface area (Å²) in [7, 11) is 4.74. The Balaban J connectivity index is 1.59. The first-order valence-electron chi connectivity index (χ1n) is 9.48. The van der Waals surface area contributed by atoms with Gasteiger partial charge in [-0.25, -0.2) is 0 Å². The summed E-state index contributed by atoms with van der Waals surface area (Å²) in [6.07, 6.45) is 0.875. The summed E-state index contributed by atoms with van der Waals surface area (Å²) < 4.78 is 15.8. The van der Waals surface area contributed by atoms with Crippen LogP contribution in [0.4, 0.5) is 5.69 Å². The fourth-order valence-electron chi connectivity index (χ4n) is 3.43. The van der Waals surface area contributed by atoms with Crippen molar-refractivity contribution in [1.82, 2.24) is 5.32 Å². The number of ether oxygens (including phenoxy) is 3. The molecule has 1 fully saturated rings. The van der Waals surface area contributed by atoms with Crippen LogP contribution in [0.1, 0.15) is 12.0 Å². The number of anilines is 1. The highest BCUT2D eigenvalue weighted by molar-refractivity contribution is 6.01. The van der Waals surface area contributed by atoms with E-state index >= 15 is 0 Å². The molecule has 2 amide bonds. The molecule has 0 saturated carbocycles. The topological polar surface area (TPSA) is 77.1 Å². The quantitative estimate of drug-likeness (QED) is 0.739. The number of hydrogen-bond donors (Lipinski definition) is 1. The first-order chi connectivity index (χ1) is 14.0. The first-order valence-corrected chi connectivity index (χ1v) is 9.48. The maximum Gasteiger partial charge on any atom is 0.227 e. The van der Waals surface area contributed by atoms with Gasteiger partial charge in [0.2, 0.25) is 11.8 Å². The molecule has 0 radical (unpaired) electrons. The Labute approximate surface area is 170 Å². The molecule has 1 saturated heterocycles. The van der Waals surface area contributed by atoms with Gasteiger partial charge in [0.1, 0.15) is 17.2 Å². The van der Waals surface area contributed by atoms with E-state index in [1.54, 1.807) is 44.4 Å². The van der Waals surface area contributed by atoms with E-state index in [2.05, 4.69) is 5.32 Å². The Morgan fingerprint density at radius 1 is 1.07 bits per heavy atom. The maximum absolute atomic E-state index is 12.6. The van der Waals surface area contributed by atoms with Gasteiger partial charge in [-0.1, -0.05) is 12.1 Å². The van der Waals surface area contributed by atoms with E-state index in [-0.39, 0.29) is 24.2 Å². The summed E-state index contributed by atoms with van der Waals surface area (Å²) in [4.78, 5) is 26.7. The van der Waals surface area contributed by atoms with E-state index in [1.807, 2.05) is 24.3 Å². The number of nitrogens with one attached hydrogen (secondary N) is 1. The molecule has 0 bridgehead atoms. The number of carbonyl (C=O) groups is 2. The smallest absolute Gasteiger partial charge is 0.227 e. The van der Waals surface area contributed by atoms with Crippen LogP contribution in [-0.4, -0.2) is 46.2 Å². The highest BCUT2D eigenvalue weighted by atomic mass is 16.5. The Hall–Kier alpha value is -3.22. The lowest BCUT2D eigenvalue weighted by molar-refractivity contribution is -0.126. The zero-order valence-corrected chi connectivity index (χ0v) is 16.9. The molecule has 7 nitrogen and oxygen atoms in total. The van der Waals surface area contributed by atoms with Crippen molar-refractivity contribution in [2.24, 2.45) is 5.92 Å². The van der Waals surface area contributed by atoms with E-state index in [0.717, 1.165) is 11.3 Å². The monoisotopic (exact) mass is 398 g/mol. The summed E-state index contributed by atoms with van der Waals surface area (Å²) in [6, 6.07) is 13.0. The Bertz CT molecular complexity index is 883. The molecule has 154 valence electrons. The highest BCUT2D eigenvalue weighted by Gasteiger charge is 2.36. The van der Waals surface area contributed by atoms with Gasteiger partial charge in [-0.15, -0.1) is 0 Å². The molecule has 1 atom stereocenters. The zero-order valence-electron chi connectivity index (χ0n) is 16.9. The summed E-state index contributed by atoms with van der Waals surface area (Å²) in [5.41, 5.74) is 1.72. The van der Waals surface area contributed by atoms with Gasteiger partial charge < -0.3 is 24.4 Å². The van der Waals surface area contributed by atoms with Gasteiger partial charge in [-0.2, -0.15) is 0 Å². The fraction of sp³-hybridized carbons (Fsp3) is 0.364. The number of hydrogen-bond acceptors (Lipinski definition) is 5.